The molecule has 6 heteroatoms. The SMILES string of the molecule is CCn1nc(C)c(CN=C(NC(=O)c2ccc(C)c(C)c2)Nc2ccc(C)cc2)c1C. The molecule has 0 aliphatic rings. The molecule has 0 saturated carbocycles. The Labute approximate surface area is 184 Å². The van der Waals surface area contributed by atoms with Gasteiger partial charge in [0, 0.05) is 29.1 Å². The molecular weight excluding hydrogens is 386 g/mol. The quantitative estimate of drug-likeness (QED) is 0.461. The van der Waals surface area contributed by atoms with Crippen molar-refractivity contribution in [3.63, 3.8) is 0 Å². The van der Waals surface area contributed by atoms with Crippen LogP contribution in [0.4, 0.5) is 5.69 Å². The van der Waals surface area contributed by atoms with Gasteiger partial charge in [0.2, 0.25) is 5.96 Å². The maximum atomic E-state index is 12.9. The van der Waals surface area contributed by atoms with Crippen molar-refractivity contribution in [1.29, 1.82) is 0 Å². The lowest BCUT2D eigenvalue weighted by molar-refractivity contribution is 0.0977. The number of amides is 1. The summed E-state index contributed by atoms with van der Waals surface area (Å²) < 4.78 is 1.97. The molecule has 31 heavy (non-hydrogen) atoms. The third kappa shape index (κ3) is 5.40. The fourth-order valence-electron chi connectivity index (χ4n) is 3.38. The second kappa shape index (κ2) is 9.60. The van der Waals surface area contributed by atoms with Crippen molar-refractivity contribution in [2.45, 2.75) is 54.6 Å². The van der Waals surface area contributed by atoms with E-state index in [2.05, 4.69) is 29.6 Å². The zero-order chi connectivity index (χ0) is 22.5. The van der Waals surface area contributed by atoms with E-state index in [4.69, 9.17) is 4.99 Å². The minimum absolute atomic E-state index is 0.195. The fraction of sp³-hybridized carbons (Fsp3) is 0.320. The molecule has 0 atom stereocenters. The number of aliphatic imine (C=N–C) groups is 1. The molecule has 0 saturated heterocycles. The van der Waals surface area contributed by atoms with Crippen LogP contribution < -0.4 is 10.6 Å². The summed E-state index contributed by atoms with van der Waals surface area (Å²) in [4.78, 5) is 17.6. The summed E-state index contributed by atoms with van der Waals surface area (Å²) in [7, 11) is 0. The lowest BCUT2D eigenvalue weighted by atomic mass is 10.1. The number of hydrogen-bond acceptors (Lipinski definition) is 3. The van der Waals surface area contributed by atoms with E-state index in [1.165, 1.54) is 5.56 Å². The Morgan fingerprint density at radius 2 is 1.71 bits per heavy atom. The maximum Gasteiger partial charge on any atom is 0.257 e. The predicted molar refractivity (Wildman–Crippen MR) is 127 cm³/mol. The number of aryl methyl sites for hydroxylation is 5. The van der Waals surface area contributed by atoms with Crippen LogP contribution in [0.1, 0.15) is 50.9 Å². The van der Waals surface area contributed by atoms with Gasteiger partial charge in [-0.05, 0) is 76.9 Å². The molecule has 1 aromatic heterocycles. The number of benzene rings is 2. The first-order valence-electron chi connectivity index (χ1n) is 10.6. The molecule has 6 nitrogen and oxygen atoms in total. The highest BCUT2D eigenvalue weighted by Crippen LogP contribution is 2.15. The van der Waals surface area contributed by atoms with Gasteiger partial charge in [-0.1, -0.05) is 23.8 Å². The molecule has 3 rings (SSSR count). The largest absolute Gasteiger partial charge is 0.326 e. The molecule has 0 aliphatic carbocycles. The topological polar surface area (TPSA) is 71.3 Å². The lowest BCUT2D eigenvalue weighted by Gasteiger charge is -2.13. The first-order chi connectivity index (χ1) is 14.8. The molecule has 162 valence electrons. The molecule has 2 N–H and O–H groups in total. The zero-order valence-corrected chi connectivity index (χ0v) is 19.2. The molecule has 0 spiro atoms. The van der Waals surface area contributed by atoms with E-state index in [0.29, 0.717) is 18.1 Å². The highest BCUT2D eigenvalue weighted by atomic mass is 16.1. The third-order valence-electron chi connectivity index (χ3n) is 5.54. The number of nitrogens with one attached hydrogen (secondary N) is 2. The fourth-order valence-corrected chi connectivity index (χ4v) is 3.38. The smallest absolute Gasteiger partial charge is 0.257 e. The summed E-state index contributed by atoms with van der Waals surface area (Å²) in [5.74, 6) is 0.217. The van der Waals surface area contributed by atoms with Gasteiger partial charge in [0.1, 0.15) is 0 Å². The Hall–Kier alpha value is -3.41. The monoisotopic (exact) mass is 417 g/mol. The zero-order valence-electron chi connectivity index (χ0n) is 19.2. The number of aromatic nitrogens is 2. The number of guanidine groups is 1. The van der Waals surface area contributed by atoms with Gasteiger partial charge in [-0.15, -0.1) is 0 Å². The molecule has 0 unspecified atom stereocenters. The van der Waals surface area contributed by atoms with Gasteiger partial charge in [-0.25, -0.2) is 4.99 Å². The van der Waals surface area contributed by atoms with Gasteiger partial charge in [0.15, 0.2) is 0 Å². The summed E-state index contributed by atoms with van der Waals surface area (Å²) in [5.41, 5.74) is 8.00. The van der Waals surface area contributed by atoms with E-state index in [-0.39, 0.29) is 5.91 Å². The van der Waals surface area contributed by atoms with Gasteiger partial charge in [0.05, 0.1) is 12.2 Å². The van der Waals surface area contributed by atoms with Crippen LogP contribution in [0.2, 0.25) is 0 Å². The van der Waals surface area contributed by atoms with Crippen LogP contribution in [-0.4, -0.2) is 21.6 Å². The summed E-state index contributed by atoms with van der Waals surface area (Å²) in [5, 5.41) is 10.8. The van der Waals surface area contributed by atoms with Crippen LogP contribution in [0, 0.1) is 34.6 Å². The van der Waals surface area contributed by atoms with Crippen molar-refractivity contribution in [2.75, 3.05) is 5.32 Å². The van der Waals surface area contributed by atoms with Crippen molar-refractivity contribution in [3.05, 3.63) is 81.7 Å². The molecule has 2 aromatic carbocycles. The van der Waals surface area contributed by atoms with Gasteiger partial charge >= 0.3 is 0 Å². The van der Waals surface area contributed by atoms with E-state index in [1.54, 1.807) is 0 Å². The van der Waals surface area contributed by atoms with E-state index in [1.807, 2.05) is 74.8 Å². The number of carbonyl (C=O) groups excluding carboxylic acids is 1. The molecule has 0 bridgehead atoms. The molecule has 1 heterocycles. The number of hydrogen-bond donors (Lipinski definition) is 2. The molecule has 0 radical (unpaired) electrons. The van der Waals surface area contributed by atoms with Crippen LogP contribution in [-0.2, 0) is 13.1 Å². The minimum atomic E-state index is -0.195. The summed E-state index contributed by atoms with van der Waals surface area (Å²) in [6, 6.07) is 13.7. The van der Waals surface area contributed by atoms with Gasteiger partial charge < -0.3 is 5.32 Å². The van der Waals surface area contributed by atoms with E-state index in [0.717, 1.165) is 40.3 Å². The van der Waals surface area contributed by atoms with Gasteiger partial charge in [-0.2, -0.15) is 5.10 Å². The molecule has 1 amide bonds. The number of rotatable bonds is 5. The number of carbonyl (C=O) groups is 1. The Morgan fingerprint density at radius 3 is 2.32 bits per heavy atom. The number of anilines is 1. The van der Waals surface area contributed by atoms with Crippen LogP contribution in [0.3, 0.4) is 0 Å². The first-order valence-corrected chi connectivity index (χ1v) is 10.6. The predicted octanol–water partition coefficient (Wildman–Crippen LogP) is 4.84. The third-order valence-corrected chi connectivity index (χ3v) is 5.54. The van der Waals surface area contributed by atoms with Crippen molar-refractivity contribution < 1.29 is 4.79 Å². The minimum Gasteiger partial charge on any atom is -0.326 e. The first kappa shape index (κ1) is 22.3. The Bertz CT molecular complexity index is 1110. The average Bonchev–Trinajstić information content (AvgIpc) is 3.02. The summed E-state index contributed by atoms with van der Waals surface area (Å²) in [6.07, 6.45) is 0. The van der Waals surface area contributed by atoms with Crippen LogP contribution >= 0.6 is 0 Å². The summed E-state index contributed by atoms with van der Waals surface area (Å²) in [6.45, 7) is 13.4. The van der Waals surface area contributed by atoms with Crippen molar-refractivity contribution in [2.24, 2.45) is 4.99 Å². The highest BCUT2D eigenvalue weighted by Gasteiger charge is 2.13. The van der Waals surface area contributed by atoms with Crippen LogP contribution in [0.5, 0.6) is 0 Å². The van der Waals surface area contributed by atoms with Crippen molar-refractivity contribution >= 4 is 17.6 Å². The molecule has 0 fully saturated rings. The molecular formula is C25H31N5O. The van der Waals surface area contributed by atoms with Gasteiger partial charge in [0.25, 0.3) is 5.91 Å². The average molecular weight is 418 g/mol. The highest BCUT2D eigenvalue weighted by molar-refractivity contribution is 6.10. The van der Waals surface area contributed by atoms with Crippen molar-refractivity contribution in [3.8, 4) is 0 Å². The van der Waals surface area contributed by atoms with Crippen LogP contribution in [0.25, 0.3) is 0 Å². The van der Waals surface area contributed by atoms with E-state index in [9.17, 15) is 4.79 Å². The normalized spacial score (nSPS) is 11.5. The van der Waals surface area contributed by atoms with E-state index >= 15 is 0 Å². The lowest BCUT2D eigenvalue weighted by Crippen LogP contribution is -2.36. The molecule has 0 aliphatic heterocycles. The van der Waals surface area contributed by atoms with E-state index < -0.39 is 0 Å². The summed E-state index contributed by atoms with van der Waals surface area (Å²) >= 11 is 0. The second-order valence-electron chi connectivity index (χ2n) is 7.87. The number of nitrogens with zero attached hydrogens (tertiary/aromatic N) is 3. The standard InChI is InChI=1S/C25H31N5O/c1-7-30-20(6)23(19(5)29-30)15-26-25(27-22-12-8-16(2)9-13-22)28-24(31)21-11-10-17(3)18(4)14-21/h8-14H,7,15H2,1-6H3,(H2,26,27,28,31). The Morgan fingerprint density at radius 1 is 1.00 bits per heavy atom. The molecule has 3 aromatic rings. The van der Waals surface area contributed by atoms with Crippen LogP contribution in [0.15, 0.2) is 47.5 Å². The van der Waals surface area contributed by atoms with Gasteiger partial charge in [-0.3, -0.25) is 14.8 Å². The Kier molecular flexibility index (Phi) is 6.90. The van der Waals surface area contributed by atoms with Crippen molar-refractivity contribution in [1.82, 2.24) is 15.1 Å². The maximum absolute atomic E-state index is 12.9. The second-order valence-corrected chi connectivity index (χ2v) is 7.87. The Balaban J connectivity index is 1.87.